The molecular formula is C26H26N2O5. The summed E-state index contributed by atoms with van der Waals surface area (Å²) in [5.74, 6) is -1.59. The van der Waals surface area contributed by atoms with Gasteiger partial charge in [-0.05, 0) is 34.7 Å². The van der Waals surface area contributed by atoms with Crippen LogP contribution in [0.25, 0.3) is 10.8 Å². The van der Waals surface area contributed by atoms with E-state index in [-0.39, 0.29) is 13.0 Å². The summed E-state index contributed by atoms with van der Waals surface area (Å²) in [7, 11) is 0. The minimum Gasteiger partial charge on any atom is -0.480 e. The highest BCUT2D eigenvalue weighted by Crippen LogP contribution is 2.20. The van der Waals surface area contributed by atoms with Crippen LogP contribution in [0.15, 0.2) is 72.8 Å². The fraction of sp³-hybridized carbons (Fsp3) is 0.269. The Morgan fingerprint density at radius 1 is 0.970 bits per heavy atom. The second-order valence-corrected chi connectivity index (χ2v) is 8.18. The van der Waals surface area contributed by atoms with Crippen LogP contribution in [0.2, 0.25) is 0 Å². The molecule has 0 aromatic heterocycles. The molecule has 0 radical (unpaired) electrons. The number of likely N-dealkylation sites (tertiary alicyclic amines) is 1. The van der Waals surface area contributed by atoms with Gasteiger partial charge in [0.25, 0.3) is 0 Å². The van der Waals surface area contributed by atoms with Crippen LogP contribution in [0.1, 0.15) is 24.0 Å². The van der Waals surface area contributed by atoms with E-state index < -0.39 is 30.1 Å². The molecule has 2 N–H and O–H groups in total. The van der Waals surface area contributed by atoms with Gasteiger partial charge in [-0.3, -0.25) is 9.69 Å². The second-order valence-electron chi connectivity index (χ2n) is 8.18. The molecule has 0 aliphatic carbocycles. The number of carbonyl (C=O) groups excluding carboxylic acids is 2. The van der Waals surface area contributed by atoms with Crippen LogP contribution in [-0.4, -0.2) is 46.6 Å². The van der Waals surface area contributed by atoms with E-state index in [9.17, 15) is 19.5 Å². The van der Waals surface area contributed by atoms with E-state index in [0.29, 0.717) is 19.4 Å². The van der Waals surface area contributed by atoms with Crippen molar-refractivity contribution in [3.8, 4) is 0 Å². The van der Waals surface area contributed by atoms with Gasteiger partial charge in [0.2, 0.25) is 5.91 Å². The zero-order valence-electron chi connectivity index (χ0n) is 18.1. The van der Waals surface area contributed by atoms with Gasteiger partial charge in [-0.1, -0.05) is 72.8 Å². The summed E-state index contributed by atoms with van der Waals surface area (Å²) in [6.07, 6.45) is 0.699. The first-order valence-electron chi connectivity index (χ1n) is 11.0. The van der Waals surface area contributed by atoms with E-state index in [0.717, 1.165) is 21.9 Å². The molecule has 1 aliphatic heterocycles. The lowest BCUT2D eigenvalue weighted by molar-refractivity contribution is -0.142. The number of fused-ring (bicyclic) bond motifs is 1. The molecule has 3 aromatic rings. The molecule has 3 aromatic carbocycles. The molecule has 1 heterocycles. The van der Waals surface area contributed by atoms with Gasteiger partial charge in [0.15, 0.2) is 0 Å². The number of hydrogen-bond acceptors (Lipinski definition) is 4. The van der Waals surface area contributed by atoms with E-state index in [1.807, 2.05) is 72.8 Å². The molecule has 2 amide bonds. The minimum absolute atomic E-state index is 0.115. The summed E-state index contributed by atoms with van der Waals surface area (Å²) in [5.41, 5.74) is 1.67. The largest absolute Gasteiger partial charge is 0.480 e. The molecule has 2 atom stereocenters. The number of nitrogens with zero attached hydrogens (tertiary/aromatic N) is 1. The summed E-state index contributed by atoms with van der Waals surface area (Å²) in [6.45, 7) is 0.512. The third-order valence-electron chi connectivity index (χ3n) is 5.86. The van der Waals surface area contributed by atoms with Crippen molar-refractivity contribution in [2.45, 2.75) is 38.0 Å². The molecule has 170 valence electrons. The average molecular weight is 447 g/mol. The summed E-state index contributed by atoms with van der Waals surface area (Å²) in [5, 5.41) is 14.4. The van der Waals surface area contributed by atoms with Gasteiger partial charge in [0.1, 0.15) is 18.7 Å². The first-order chi connectivity index (χ1) is 16.0. The number of hydrogen-bond donors (Lipinski definition) is 2. The van der Waals surface area contributed by atoms with Crippen LogP contribution >= 0.6 is 0 Å². The Hall–Kier alpha value is -3.87. The summed E-state index contributed by atoms with van der Waals surface area (Å²) < 4.78 is 5.37. The van der Waals surface area contributed by atoms with Crippen molar-refractivity contribution in [2.75, 3.05) is 6.54 Å². The first-order valence-corrected chi connectivity index (χ1v) is 11.0. The SMILES string of the molecule is O=C(O)[C@H](Cc1ccc2ccccc2c1)NC(=O)[C@H]1CCCN1C(=O)OCc1ccccc1. The number of carbonyl (C=O) groups is 3. The fourth-order valence-electron chi connectivity index (χ4n) is 4.13. The van der Waals surface area contributed by atoms with Crippen LogP contribution in [0.4, 0.5) is 4.79 Å². The van der Waals surface area contributed by atoms with Crippen molar-refractivity contribution >= 4 is 28.7 Å². The van der Waals surface area contributed by atoms with Gasteiger partial charge in [0.05, 0.1) is 0 Å². The van der Waals surface area contributed by atoms with Crippen LogP contribution in [0.3, 0.4) is 0 Å². The van der Waals surface area contributed by atoms with Crippen molar-refractivity contribution in [3.63, 3.8) is 0 Å². The molecule has 0 unspecified atom stereocenters. The Morgan fingerprint density at radius 3 is 2.45 bits per heavy atom. The Balaban J connectivity index is 1.39. The van der Waals surface area contributed by atoms with E-state index >= 15 is 0 Å². The number of carboxylic acid groups (broad SMARTS) is 1. The fourth-order valence-corrected chi connectivity index (χ4v) is 4.13. The van der Waals surface area contributed by atoms with E-state index in [1.165, 1.54) is 4.90 Å². The maximum absolute atomic E-state index is 12.9. The lowest BCUT2D eigenvalue weighted by atomic mass is 10.0. The average Bonchev–Trinajstić information content (AvgIpc) is 3.33. The molecule has 7 nitrogen and oxygen atoms in total. The van der Waals surface area contributed by atoms with Crippen molar-refractivity contribution in [3.05, 3.63) is 83.9 Å². The van der Waals surface area contributed by atoms with Gasteiger partial charge in [0, 0.05) is 13.0 Å². The highest BCUT2D eigenvalue weighted by atomic mass is 16.6. The van der Waals surface area contributed by atoms with Gasteiger partial charge < -0.3 is 15.2 Å². The van der Waals surface area contributed by atoms with Crippen LogP contribution < -0.4 is 5.32 Å². The maximum atomic E-state index is 12.9. The molecule has 1 fully saturated rings. The van der Waals surface area contributed by atoms with Gasteiger partial charge in [-0.2, -0.15) is 0 Å². The molecule has 1 aliphatic rings. The minimum atomic E-state index is -1.12. The van der Waals surface area contributed by atoms with Gasteiger partial charge in [-0.15, -0.1) is 0 Å². The Kier molecular flexibility index (Phi) is 6.88. The lowest BCUT2D eigenvalue weighted by Gasteiger charge is -2.25. The molecule has 1 saturated heterocycles. The van der Waals surface area contributed by atoms with Crippen molar-refractivity contribution < 1.29 is 24.2 Å². The zero-order valence-corrected chi connectivity index (χ0v) is 18.1. The maximum Gasteiger partial charge on any atom is 0.410 e. The number of ether oxygens (including phenoxy) is 1. The third kappa shape index (κ3) is 5.49. The van der Waals surface area contributed by atoms with Crippen LogP contribution in [0, 0.1) is 0 Å². The molecule has 0 saturated carbocycles. The number of carboxylic acids is 1. The molecule has 33 heavy (non-hydrogen) atoms. The summed E-state index contributed by atoms with van der Waals surface area (Å²) in [4.78, 5) is 38.8. The number of benzene rings is 3. The van der Waals surface area contributed by atoms with Gasteiger partial charge in [-0.25, -0.2) is 9.59 Å². The third-order valence-corrected chi connectivity index (χ3v) is 5.86. The number of rotatable bonds is 7. The summed E-state index contributed by atoms with van der Waals surface area (Å²) in [6, 6.07) is 21.0. The Labute approximate surface area is 192 Å². The van der Waals surface area contributed by atoms with Crippen molar-refractivity contribution in [1.82, 2.24) is 10.2 Å². The van der Waals surface area contributed by atoms with E-state index in [1.54, 1.807) is 0 Å². The van der Waals surface area contributed by atoms with Crippen molar-refractivity contribution in [2.24, 2.45) is 0 Å². The quantitative estimate of drug-likeness (QED) is 0.576. The molecule has 4 rings (SSSR count). The van der Waals surface area contributed by atoms with Crippen LogP contribution in [-0.2, 0) is 27.4 Å². The molecular weight excluding hydrogens is 420 g/mol. The summed E-state index contributed by atoms with van der Waals surface area (Å²) >= 11 is 0. The monoisotopic (exact) mass is 446 g/mol. The number of nitrogens with one attached hydrogen (secondary N) is 1. The van der Waals surface area contributed by atoms with E-state index in [2.05, 4.69) is 5.32 Å². The normalized spacial score (nSPS) is 16.4. The number of amides is 2. The van der Waals surface area contributed by atoms with Gasteiger partial charge >= 0.3 is 12.1 Å². The smallest absolute Gasteiger partial charge is 0.410 e. The Morgan fingerprint density at radius 2 is 1.70 bits per heavy atom. The highest BCUT2D eigenvalue weighted by molar-refractivity contribution is 5.90. The molecule has 0 bridgehead atoms. The molecule has 7 heteroatoms. The lowest BCUT2D eigenvalue weighted by Crippen LogP contribution is -2.51. The molecule has 0 spiro atoms. The first kappa shape index (κ1) is 22.3. The standard InChI is InChI=1S/C26H26N2O5/c29-24(23-11-6-14-28(23)26(32)33-17-18-7-2-1-3-8-18)27-22(25(30)31)16-19-12-13-20-9-4-5-10-21(20)15-19/h1-5,7-10,12-13,15,22-23H,6,11,14,16-17H2,(H,27,29)(H,30,31)/t22-,23+/m0/s1. The van der Waals surface area contributed by atoms with Crippen LogP contribution in [0.5, 0.6) is 0 Å². The topological polar surface area (TPSA) is 95.9 Å². The van der Waals surface area contributed by atoms with Crippen molar-refractivity contribution in [1.29, 1.82) is 0 Å². The number of aliphatic carboxylic acids is 1. The zero-order chi connectivity index (χ0) is 23.2. The second kappa shape index (κ2) is 10.2. The highest BCUT2D eigenvalue weighted by Gasteiger charge is 2.36. The predicted molar refractivity (Wildman–Crippen MR) is 124 cm³/mol. The Bertz CT molecular complexity index is 1150. The predicted octanol–water partition coefficient (Wildman–Crippen LogP) is 3.75. The van der Waals surface area contributed by atoms with E-state index in [4.69, 9.17) is 4.74 Å².